The van der Waals surface area contributed by atoms with Crippen LogP contribution in [0.1, 0.15) is 28.7 Å². The van der Waals surface area contributed by atoms with Crippen LogP contribution in [-0.4, -0.2) is 11.7 Å². The number of aliphatic hydroxyl groups excluding tert-OH is 1. The van der Waals surface area contributed by atoms with E-state index in [4.69, 9.17) is 5.11 Å². The summed E-state index contributed by atoms with van der Waals surface area (Å²) in [7, 11) is 0. The maximum Gasteiger partial charge on any atom is 0.0434 e. The van der Waals surface area contributed by atoms with Crippen LogP contribution in [-0.2, 0) is 13.0 Å². The summed E-state index contributed by atoms with van der Waals surface area (Å²) in [6.07, 6.45) is 1.75. The Hall–Kier alpha value is -1.80. The van der Waals surface area contributed by atoms with Gasteiger partial charge in [0, 0.05) is 18.8 Å². The summed E-state index contributed by atoms with van der Waals surface area (Å²) in [4.78, 5) is 0. The summed E-state index contributed by atoms with van der Waals surface area (Å²) in [5.74, 6) is 0. The number of aryl methyl sites for hydroxylation is 3. The maximum absolute atomic E-state index is 8.89. The maximum atomic E-state index is 8.89. The predicted molar refractivity (Wildman–Crippen MR) is 85.1 cm³/mol. The van der Waals surface area contributed by atoms with Crippen LogP contribution in [0, 0.1) is 13.8 Å². The smallest absolute Gasteiger partial charge is 0.0434 e. The number of rotatable bonds is 6. The van der Waals surface area contributed by atoms with Gasteiger partial charge < -0.3 is 10.4 Å². The van der Waals surface area contributed by atoms with Crippen LogP contribution in [0.5, 0.6) is 0 Å². The first kappa shape index (κ1) is 14.6. The molecule has 0 radical (unpaired) electrons. The molecule has 0 amide bonds. The second kappa shape index (κ2) is 7.11. The van der Waals surface area contributed by atoms with Gasteiger partial charge in [-0.25, -0.2) is 0 Å². The van der Waals surface area contributed by atoms with E-state index in [1.165, 1.54) is 22.3 Å². The minimum Gasteiger partial charge on any atom is -0.396 e. The fourth-order valence-electron chi connectivity index (χ4n) is 2.31. The van der Waals surface area contributed by atoms with E-state index in [2.05, 4.69) is 61.6 Å². The number of nitrogens with one attached hydrogen (secondary N) is 1. The number of aliphatic hydroxyl groups is 1. The molecule has 0 bridgehead atoms. The van der Waals surface area contributed by atoms with Crippen LogP contribution < -0.4 is 5.32 Å². The summed E-state index contributed by atoms with van der Waals surface area (Å²) in [5, 5.41) is 12.4. The molecule has 2 nitrogen and oxygen atoms in total. The van der Waals surface area contributed by atoms with Gasteiger partial charge in [-0.15, -0.1) is 0 Å². The van der Waals surface area contributed by atoms with Crippen molar-refractivity contribution in [3.05, 3.63) is 64.7 Å². The highest BCUT2D eigenvalue weighted by molar-refractivity contribution is 5.47. The molecule has 0 aliphatic rings. The molecule has 0 spiro atoms. The molecule has 2 rings (SSSR count). The zero-order chi connectivity index (χ0) is 14.4. The van der Waals surface area contributed by atoms with E-state index < -0.39 is 0 Å². The molecule has 0 heterocycles. The Labute approximate surface area is 121 Å². The highest BCUT2D eigenvalue weighted by Crippen LogP contribution is 2.16. The van der Waals surface area contributed by atoms with E-state index in [1.54, 1.807) is 0 Å². The molecule has 0 fully saturated rings. The Bertz CT molecular complexity index is 563. The summed E-state index contributed by atoms with van der Waals surface area (Å²) < 4.78 is 0. The summed E-state index contributed by atoms with van der Waals surface area (Å²) in [5.41, 5.74) is 6.36. The first-order chi connectivity index (χ1) is 9.69. The fourth-order valence-corrected chi connectivity index (χ4v) is 2.31. The van der Waals surface area contributed by atoms with E-state index in [-0.39, 0.29) is 6.61 Å². The minimum atomic E-state index is 0.250. The Morgan fingerprint density at radius 2 is 1.90 bits per heavy atom. The number of hydrogen-bond acceptors (Lipinski definition) is 2. The zero-order valence-corrected chi connectivity index (χ0v) is 12.3. The van der Waals surface area contributed by atoms with Gasteiger partial charge in [-0.2, -0.15) is 0 Å². The lowest BCUT2D eigenvalue weighted by Crippen LogP contribution is -2.02. The Kier molecular flexibility index (Phi) is 5.19. The Balaban J connectivity index is 2.01. The average molecular weight is 269 g/mol. The lowest BCUT2D eigenvalue weighted by molar-refractivity contribution is 0.288. The SMILES string of the molecule is Cc1ccc(C)c(CNc2cccc(CCCO)c2)c1. The van der Waals surface area contributed by atoms with Gasteiger partial charge >= 0.3 is 0 Å². The van der Waals surface area contributed by atoms with Crippen molar-refractivity contribution in [1.82, 2.24) is 0 Å². The van der Waals surface area contributed by atoms with Crippen molar-refractivity contribution in [3.63, 3.8) is 0 Å². The van der Waals surface area contributed by atoms with Gasteiger partial charge in [0.15, 0.2) is 0 Å². The molecule has 2 heteroatoms. The van der Waals surface area contributed by atoms with Crippen molar-refractivity contribution in [1.29, 1.82) is 0 Å². The molecule has 2 aromatic carbocycles. The second-order valence-corrected chi connectivity index (χ2v) is 5.31. The quantitative estimate of drug-likeness (QED) is 0.835. The lowest BCUT2D eigenvalue weighted by Gasteiger charge is -2.11. The van der Waals surface area contributed by atoms with Crippen molar-refractivity contribution >= 4 is 5.69 Å². The van der Waals surface area contributed by atoms with E-state index in [9.17, 15) is 0 Å². The summed E-state index contributed by atoms with van der Waals surface area (Å²) in [6.45, 7) is 5.36. The van der Waals surface area contributed by atoms with Crippen molar-refractivity contribution in [3.8, 4) is 0 Å². The Morgan fingerprint density at radius 3 is 2.70 bits per heavy atom. The molecule has 0 aliphatic carbocycles. The predicted octanol–water partition coefficient (Wildman–Crippen LogP) is 3.84. The van der Waals surface area contributed by atoms with E-state index >= 15 is 0 Å². The standard InChI is InChI=1S/C18H23NO/c1-14-8-9-15(2)17(11-14)13-19-18-7-3-5-16(12-18)6-4-10-20/h3,5,7-9,11-12,19-20H,4,6,10,13H2,1-2H3. The molecule has 0 aromatic heterocycles. The van der Waals surface area contributed by atoms with E-state index in [0.717, 1.165) is 25.1 Å². The van der Waals surface area contributed by atoms with Crippen LogP contribution in [0.15, 0.2) is 42.5 Å². The third-order valence-corrected chi connectivity index (χ3v) is 3.54. The second-order valence-electron chi connectivity index (χ2n) is 5.31. The molecule has 0 atom stereocenters. The fraction of sp³-hybridized carbons (Fsp3) is 0.333. The molecule has 2 N–H and O–H groups in total. The van der Waals surface area contributed by atoms with Crippen molar-refractivity contribution in [2.24, 2.45) is 0 Å². The summed E-state index contributed by atoms with van der Waals surface area (Å²) >= 11 is 0. The molecule has 20 heavy (non-hydrogen) atoms. The van der Waals surface area contributed by atoms with E-state index in [1.807, 2.05) is 0 Å². The van der Waals surface area contributed by atoms with Gasteiger partial charge in [0.05, 0.1) is 0 Å². The van der Waals surface area contributed by atoms with Crippen LogP contribution in [0.4, 0.5) is 5.69 Å². The van der Waals surface area contributed by atoms with Crippen molar-refractivity contribution in [2.45, 2.75) is 33.2 Å². The highest BCUT2D eigenvalue weighted by Gasteiger charge is 2.00. The normalized spacial score (nSPS) is 10.6. The molecule has 0 saturated carbocycles. The van der Waals surface area contributed by atoms with Crippen LogP contribution in [0.2, 0.25) is 0 Å². The van der Waals surface area contributed by atoms with Crippen molar-refractivity contribution in [2.75, 3.05) is 11.9 Å². The van der Waals surface area contributed by atoms with Gasteiger partial charge in [0.25, 0.3) is 0 Å². The average Bonchev–Trinajstić information content (AvgIpc) is 2.46. The molecule has 2 aromatic rings. The van der Waals surface area contributed by atoms with Crippen LogP contribution >= 0.6 is 0 Å². The topological polar surface area (TPSA) is 32.3 Å². The Morgan fingerprint density at radius 1 is 1.05 bits per heavy atom. The highest BCUT2D eigenvalue weighted by atomic mass is 16.2. The number of benzene rings is 2. The number of hydrogen-bond donors (Lipinski definition) is 2. The molecular formula is C18H23NO. The monoisotopic (exact) mass is 269 g/mol. The molecule has 0 aliphatic heterocycles. The molecule has 0 saturated heterocycles. The van der Waals surface area contributed by atoms with Crippen LogP contribution in [0.25, 0.3) is 0 Å². The van der Waals surface area contributed by atoms with Gasteiger partial charge in [-0.05, 0) is 55.5 Å². The largest absolute Gasteiger partial charge is 0.396 e. The molecular weight excluding hydrogens is 246 g/mol. The van der Waals surface area contributed by atoms with Gasteiger partial charge in [0.1, 0.15) is 0 Å². The molecule has 0 unspecified atom stereocenters. The van der Waals surface area contributed by atoms with Gasteiger partial charge in [0.2, 0.25) is 0 Å². The van der Waals surface area contributed by atoms with E-state index in [0.29, 0.717) is 0 Å². The first-order valence-corrected chi connectivity index (χ1v) is 7.19. The third-order valence-electron chi connectivity index (χ3n) is 3.54. The zero-order valence-electron chi connectivity index (χ0n) is 12.3. The van der Waals surface area contributed by atoms with Gasteiger partial charge in [-0.1, -0.05) is 35.9 Å². The third kappa shape index (κ3) is 4.10. The first-order valence-electron chi connectivity index (χ1n) is 7.19. The summed E-state index contributed by atoms with van der Waals surface area (Å²) in [6, 6.07) is 15.0. The van der Waals surface area contributed by atoms with Gasteiger partial charge in [-0.3, -0.25) is 0 Å². The van der Waals surface area contributed by atoms with Crippen molar-refractivity contribution < 1.29 is 5.11 Å². The minimum absolute atomic E-state index is 0.250. The molecule has 106 valence electrons. The number of anilines is 1. The van der Waals surface area contributed by atoms with Crippen LogP contribution in [0.3, 0.4) is 0 Å². The lowest BCUT2D eigenvalue weighted by atomic mass is 10.1.